The number of hydrogen-bond donors (Lipinski definition) is 2. The molecule has 0 radical (unpaired) electrons. The average Bonchev–Trinajstić information content (AvgIpc) is 3.06. The topological polar surface area (TPSA) is 105 Å². The Morgan fingerprint density at radius 2 is 1.93 bits per heavy atom. The molecule has 144 valence electrons. The van der Waals surface area contributed by atoms with Crippen molar-refractivity contribution < 1.29 is 29.0 Å². The summed E-state index contributed by atoms with van der Waals surface area (Å²) >= 11 is 0. The van der Waals surface area contributed by atoms with Gasteiger partial charge in [0, 0.05) is 19.0 Å². The molecule has 2 aromatic carbocycles. The minimum atomic E-state index is -0.741. The maximum Gasteiger partial charge on any atom is 0.343 e. The lowest BCUT2D eigenvalue weighted by Crippen LogP contribution is -2.40. The molecule has 2 aliphatic heterocycles. The number of methoxy groups -OCH3 is 1. The molecule has 1 fully saturated rings. The zero-order valence-electron chi connectivity index (χ0n) is 15.0. The summed E-state index contributed by atoms with van der Waals surface area (Å²) in [7, 11) is 1.39. The highest BCUT2D eigenvalue weighted by molar-refractivity contribution is 6.11. The fourth-order valence-electron chi connectivity index (χ4n) is 3.47. The third kappa shape index (κ3) is 3.07. The van der Waals surface area contributed by atoms with Crippen molar-refractivity contribution in [1.82, 2.24) is 4.90 Å². The summed E-state index contributed by atoms with van der Waals surface area (Å²) < 4.78 is 10.7. The molecular weight excluding hydrogens is 364 g/mol. The van der Waals surface area contributed by atoms with E-state index in [-0.39, 0.29) is 35.7 Å². The van der Waals surface area contributed by atoms with E-state index in [0.29, 0.717) is 5.56 Å². The molecule has 1 saturated heterocycles. The lowest BCUT2D eigenvalue weighted by atomic mass is 10.1. The van der Waals surface area contributed by atoms with Gasteiger partial charge in [-0.05, 0) is 18.2 Å². The Hall–Kier alpha value is -3.39. The van der Waals surface area contributed by atoms with Crippen LogP contribution in [-0.4, -0.2) is 53.6 Å². The number of fused-ring (bicyclic) bond motifs is 2. The van der Waals surface area contributed by atoms with Gasteiger partial charge in [-0.25, -0.2) is 4.79 Å². The maximum atomic E-state index is 12.9. The maximum absolute atomic E-state index is 12.9. The van der Waals surface area contributed by atoms with Crippen molar-refractivity contribution in [2.75, 3.05) is 19.0 Å². The standard InChI is InChI=1S/C20H18N2O6/c1-27-16-8-13-14(9-17(16)28-20(26)11-5-3-2-4-6-11)21-18(24)15-7-12(23)10-22(15)19(13)25/h2-6,8-9,12,15,23H,7,10H2,1H3,(H,21,24)/t12-,15-/m0/s1. The third-order valence-electron chi connectivity index (χ3n) is 4.85. The van der Waals surface area contributed by atoms with Crippen molar-refractivity contribution in [3.63, 3.8) is 0 Å². The summed E-state index contributed by atoms with van der Waals surface area (Å²) in [5, 5.41) is 12.5. The summed E-state index contributed by atoms with van der Waals surface area (Å²) in [4.78, 5) is 39.1. The molecule has 0 spiro atoms. The van der Waals surface area contributed by atoms with Gasteiger partial charge in [0.15, 0.2) is 11.5 Å². The van der Waals surface area contributed by atoms with Crippen molar-refractivity contribution in [2.24, 2.45) is 0 Å². The van der Waals surface area contributed by atoms with E-state index in [0.717, 1.165) is 0 Å². The van der Waals surface area contributed by atoms with E-state index in [1.165, 1.54) is 24.1 Å². The average molecular weight is 382 g/mol. The van der Waals surface area contributed by atoms with Gasteiger partial charge in [0.25, 0.3) is 5.91 Å². The smallest absolute Gasteiger partial charge is 0.343 e. The van der Waals surface area contributed by atoms with Gasteiger partial charge in [-0.1, -0.05) is 18.2 Å². The van der Waals surface area contributed by atoms with Crippen LogP contribution in [0.4, 0.5) is 5.69 Å². The Bertz CT molecular complexity index is 959. The first-order chi connectivity index (χ1) is 13.5. The Kier molecular flexibility index (Phi) is 4.48. The second-order valence-corrected chi connectivity index (χ2v) is 6.66. The van der Waals surface area contributed by atoms with E-state index >= 15 is 0 Å². The summed E-state index contributed by atoms with van der Waals surface area (Å²) in [6.07, 6.45) is -0.562. The van der Waals surface area contributed by atoms with Crippen LogP contribution >= 0.6 is 0 Å². The van der Waals surface area contributed by atoms with Crippen LogP contribution in [0.25, 0.3) is 0 Å². The van der Waals surface area contributed by atoms with E-state index in [4.69, 9.17) is 9.47 Å². The van der Waals surface area contributed by atoms with Crippen LogP contribution in [0.5, 0.6) is 11.5 Å². The van der Waals surface area contributed by atoms with Gasteiger partial charge in [0.1, 0.15) is 6.04 Å². The van der Waals surface area contributed by atoms with Gasteiger partial charge < -0.3 is 24.8 Å². The highest BCUT2D eigenvalue weighted by atomic mass is 16.6. The molecule has 2 N–H and O–H groups in total. The quantitative estimate of drug-likeness (QED) is 0.615. The van der Waals surface area contributed by atoms with Gasteiger partial charge in [0.2, 0.25) is 5.91 Å². The van der Waals surface area contributed by atoms with Crippen LogP contribution in [0, 0.1) is 0 Å². The van der Waals surface area contributed by atoms with Crippen LogP contribution in [-0.2, 0) is 4.79 Å². The summed E-state index contributed by atoms with van der Waals surface area (Å²) in [5.74, 6) is -1.11. The van der Waals surface area contributed by atoms with Gasteiger partial charge in [-0.15, -0.1) is 0 Å². The number of rotatable bonds is 3. The van der Waals surface area contributed by atoms with Crippen LogP contribution < -0.4 is 14.8 Å². The summed E-state index contributed by atoms with van der Waals surface area (Å²) in [6, 6.07) is 10.5. The Morgan fingerprint density at radius 1 is 1.18 bits per heavy atom. The van der Waals surface area contributed by atoms with Crippen LogP contribution in [0.3, 0.4) is 0 Å². The largest absolute Gasteiger partial charge is 0.493 e. The molecule has 2 aromatic rings. The van der Waals surface area contributed by atoms with Crippen molar-refractivity contribution in [2.45, 2.75) is 18.6 Å². The highest BCUT2D eigenvalue weighted by Crippen LogP contribution is 2.37. The third-order valence-corrected chi connectivity index (χ3v) is 4.85. The molecule has 2 amide bonds. The Labute approximate surface area is 160 Å². The number of carbonyl (C=O) groups excluding carboxylic acids is 3. The fourth-order valence-corrected chi connectivity index (χ4v) is 3.47. The molecular formula is C20H18N2O6. The number of aliphatic hydroxyl groups is 1. The van der Waals surface area contributed by atoms with Crippen molar-refractivity contribution in [3.8, 4) is 11.5 Å². The SMILES string of the molecule is COc1cc2c(cc1OC(=O)c1ccccc1)NC(=O)[C@@H]1C[C@H](O)CN1C2=O. The first-order valence-electron chi connectivity index (χ1n) is 8.77. The van der Waals surface area contributed by atoms with Crippen molar-refractivity contribution in [1.29, 1.82) is 0 Å². The van der Waals surface area contributed by atoms with Gasteiger partial charge >= 0.3 is 5.97 Å². The van der Waals surface area contributed by atoms with Crippen molar-refractivity contribution >= 4 is 23.5 Å². The number of ether oxygens (including phenoxy) is 2. The molecule has 0 aliphatic carbocycles. The second-order valence-electron chi connectivity index (χ2n) is 6.66. The van der Waals surface area contributed by atoms with Crippen LogP contribution in [0.1, 0.15) is 27.1 Å². The predicted octanol–water partition coefficient (Wildman–Crippen LogP) is 1.44. The number of nitrogens with one attached hydrogen (secondary N) is 1. The zero-order valence-corrected chi connectivity index (χ0v) is 15.0. The van der Waals surface area contributed by atoms with Gasteiger partial charge in [0.05, 0.1) is 30.0 Å². The minimum Gasteiger partial charge on any atom is -0.493 e. The number of anilines is 1. The Morgan fingerprint density at radius 3 is 2.64 bits per heavy atom. The van der Waals surface area contributed by atoms with Gasteiger partial charge in [-0.2, -0.15) is 0 Å². The number of aliphatic hydroxyl groups excluding tert-OH is 1. The normalized spacial score (nSPS) is 20.7. The highest BCUT2D eigenvalue weighted by Gasteiger charge is 2.42. The summed E-state index contributed by atoms with van der Waals surface area (Å²) in [6.45, 7) is 0.0867. The lowest BCUT2D eigenvalue weighted by molar-refractivity contribution is -0.119. The molecule has 8 heteroatoms. The number of nitrogens with zero attached hydrogens (tertiary/aromatic N) is 1. The molecule has 2 aliphatic rings. The van der Waals surface area contributed by atoms with Crippen LogP contribution in [0.2, 0.25) is 0 Å². The summed E-state index contributed by atoms with van der Waals surface area (Å²) in [5.41, 5.74) is 0.797. The van der Waals surface area contributed by atoms with Gasteiger partial charge in [-0.3, -0.25) is 9.59 Å². The molecule has 2 heterocycles. The molecule has 0 bridgehead atoms. The molecule has 28 heavy (non-hydrogen) atoms. The molecule has 8 nitrogen and oxygen atoms in total. The van der Waals surface area contributed by atoms with E-state index in [1.807, 2.05) is 0 Å². The van der Waals surface area contributed by atoms with Crippen molar-refractivity contribution in [3.05, 3.63) is 53.6 Å². The molecule has 2 atom stereocenters. The van der Waals surface area contributed by atoms with E-state index in [9.17, 15) is 19.5 Å². The number of esters is 1. The van der Waals surface area contributed by atoms with Crippen LogP contribution in [0.15, 0.2) is 42.5 Å². The van der Waals surface area contributed by atoms with E-state index in [2.05, 4.69) is 5.32 Å². The Balaban J connectivity index is 1.70. The van der Waals surface area contributed by atoms with E-state index < -0.39 is 29.9 Å². The number of amides is 2. The predicted molar refractivity (Wildman–Crippen MR) is 98.5 cm³/mol. The number of hydrogen-bond acceptors (Lipinski definition) is 6. The monoisotopic (exact) mass is 382 g/mol. The fraction of sp³-hybridized carbons (Fsp3) is 0.250. The first kappa shape index (κ1) is 18.0. The first-order valence-corrected chi connectivity index (χ1v) is 8.77. The number of carbonyl (C=O) groups is 3. The molecule has 0 saturated carbocycles. The van der Waals surface area contributed by atoms with E-state index in [1.54, 1.807) is 30.3 Å². The zero-order chi connectivity index (χ0) is 19.8. The lowest BCUT2D eigenvalue weighted by Gasteiger charge is -2.19. The minimum absolute atomic E-state index is 0.0867. The molecule has 4 rings (SSSR count). The second kappa shape index (κ2) is 6.97. The molecule has 0 unspecified atom stereocenters. The number of benzene rings is 2. The molecule has 0 aromatic heterocycles.